The van der Waals surface area contributed by atoms with Gasteiger partial charge in [0.05, 0.1) is 11.4 Å². The highest BCUT2D eigenvalue weighted by atomic mass is 32.2. The molecule has 0 aliphatic carbocycles. The average Bonchev–Trinajstić information content (AvgIpc) is 3.02. The molecule has 0 aliphatic rings. The molecule has 3 aromatic rings. The van der Waals surface area contributed by atoms with Crippen LogP contribution in [-0.2, 0) is 11.2 Å². The fourth-order valence-corrected chi connectivity index (χ4v) is 3.93. The van der Waals surface area contributed by atoms with Crippen LogP contribution in [0.4, 0.5) is 0 Å². The maximum Gasteiger partial charge on any atom is 0.230 e. The van der Waals surface area contributed by atoms with Crippen molar-refractivity contribution in [3.63, 3.8) is 0 Å². The Labute approximate surface area is 176 Å². The minimum atomic E-state index is -0.253. The minimum Gasteiger partial charge on any atom is -0.351 e. The van der Waals surface area contributed by atoms with Gasteiger partial charge in [-0.15, -0.1) is 10.2 Å². The lowest BCUT2D eigenvalue weighted by Crippen LogP contribution is -2.41. The van der Waals surface area contributed by atoms with Crippen LogP contribution in [0.3, 0.4) is 0 Å². The molecule has 0 radical (unpaired) electrons. The number of carbonyl (C=O) groups is 1. The average molecular weight is 409 g/mol. The molecule has 3 rings (SSSR count). The monoisotopic (exact) mass is 408 g/mol. The summed E-state index contributed by atoms with van der Waals surface area (Å²) < 4.78 is 2.08. The van der Waals surface area contributed by atoms with Gasteiger partial charge in [0.1, 0.15) is 5.82 Å². The van der Waals surface area contributed by atoms with Crippen molar-refractivity contribution in [3.8, 4) is 5.69 Å². The molecule has 1 heterocycles. The summed E-state index contributed by atoms with van der Waals surface area (Å²) in [5.74, 6) is 1.15. The van der Waals surface area contributed by atoms with Gasteiger partial charge in [-0.25, -0.2) is 0 Å². The van der Waals surface area contributed by atoms with E-state index in [1.54, 1.807) is 0 Å². The molecule has 0 spiro atoms. The van der Waals surface area contributed by atoms with Crippen LogP contribution >= 0.6 is 11.8 Å². The molecule has 1 aromatic heterocycles. The summed E-state index contributed by atoms with van der Waals surface area (Å²) in [5, 5.41) is 12.6. The Morgan fingerprint density at radius 1 is 1.07 bits per heavy atom. The van der Waals surface area contributed by atoms with Crippen LogP contribution < -0.4 is 5.32 Å². The van der Waals surface area contributed by atoms with Crippen molar-refractivity contribution >= 4 is 17.7 Å². The van der Waals surface area contributed by atoms with E-state index in [0.717, 1.165) is 22.2 Å². The third kappa shape index (κ3) is 5.70. The largest absolute Gasteiger partial charge is 0.351 e. The maximum absolute atomic E-state index is 12.3. The Hall–Kier alpha value is -2.60. The molecule has 0 unspecified atom stereocenters. The number of hydrogen-bond acceptors (Lipinski definition) is 4. The third-order valence-corrected chi connectivity index (χ3v) is 5.27. The van der Waals surface area contributed by atoms with Gasteiger partial charge in [-0.1, -0.05) is 59.8 Å². The lowest BCUT2D eigenvalue weighted by Gasteiger charge is -2.20. The molecule has 0 fully saturated rings. The summed E-state index contributed by atoms with van der Waals surface area (Å²) in [5.41, 5.74) is 4.33. The lowest BCUT2D eigenvalue weighted by molar-refractivity contribution is -0.119. The molecule has 1 N–H and O–H groups in total. The Morgan fingerprint density at radius 3 is 2.45 bits per heavy atom. The zero-order valence-electron chi connectivity index (χ0n) is 17.7. The number of nitrogens with zero attached hydrogens (tertiary/aromatic N) is 3. The smallest absolute Gasteiger partial charge is 0.230 e. The topological polar surface area (TPSA) is 59.8 Å². The van der Waals surface area contributed by atoms with Crippen LogP contribution in [-0.4, -0.2) is 32.0 Å². The molecule has 29 heavy (non-hydrogen) atoms. The number of rotatable bonds is 6. The summed E-state index contributed by atoms with van der Waals surface area (Å²) in [6.45, 7) is 10.1. The third-order valence-electron chi connectivity index (χ3n) is 4.35. The second kappa shape index (κ2) is 8.82. The number of benzene rings is 2. The first-order valence-electron chi connectivity index (χ1n) is 9.72. The predicted molar refractivity (Wildman–Crippen MR) is 119 cm³/mol. The first-order valence-corrected chi connectivity index (χ1v) is 10.7. The quantitative estimate of drug-likeness (QED) is 0.611. The van der Waals surface area contributed by atoms with E-state index in [2.05, 4.69) is 64.3 Å². The van der Waals surface area contributed by atoms with Gasteiger partial charge >= 0.3 is 0 Å². The van der Waals surface area contributed by atoms with E-state index in [-0.39, 0.29) is 11.4 Å². The van der Waals surface area contributed by atoms with E-state index in [9.17, 15) is 4.79 Å². The summed E-state index contributed by atoms with van der Waals surface area (Å²) >= 11 is 1.41. The Balaban J connectivity index is 1.93. The Kier molecular flexibility index (Phi) is 6.42. The van der Waals surface area contributed by atoms with E-state index < -0.39 is 0 Å². The number of amides is 1. The minimum absolute atomic E-state index is 0.0118. The summed E-state index contributed by atoms with van der Waals surface area (Å²) in [4.78, 5) is 12.3. The highest BCUT2D eigenvalue weighted by Crippen LogP contribution is 2.26. The van der Waals surface area contributed by atoms with E-state index in [1.807, 2.05) is 39.0 Å². The molecule has 0 aliphatic heterocycles. The normalized spacial score (nSPS) is 11.5. The summed E-state index contributed by atoms with van der Waals surface area (Å²) in [6.07, 6.45) is 0.676. The van der Waals surface area contributed by atoms with E-state index in [4.69, 9.17) is 0 Å². The Bertz CT molecular complexity index is 990. The molecule has 0 bridgehead atoms. The van der Waals surface area contributed by atoms with Gasteiger partial charge in [-0.3, -0.25) is 9.36 Å². The van der Waals surface area contributed by atoms with Gasteiger partial charge < -0.3 is 5.32 Å². The molecule has 0 saturated heterocycles. The number of nitrogens with one attached hydrogen (secondary N) is 1. The van der Waals surface area contributed by atoms with Crippen molar-refractivity contribution < 1.29 is 4.79 Å². The lowest BCUT2D eigenvalue weighted by atomic mass is 10.1. The van der Waals surface area contributed by atoms with E-state index in [1.165, 1.54) is 22.9 Å². The van der Waals surface area contributed by atoms with Crippen LogP contribution in [0.25, 0.3) is 5.69 Å². The number of hydrogen-bond donors (Lipinski definition) is 1. The molecular formula is C23H28N4OS. The molecule has 1 amide bonds. The van der Waals surface area contributed by atoms with Gasteiger partial charge in [-0.2, -0.15) is 0 Å². The van der Waals surface area contributed by atoms with Gasteiger partial charge in [0.25, 0.3) is 0 Å². The van der Waals surface area contributed by atoms with Crippen molar-refractivity contribution in [2.45, 2.75) is 51.7 Å². The van der Waals surface area contributed by atoms with Crippen molar-refractivity contribution in [1.82, 2.24) is 20.1 Å². The number of thioether (sulfide) groups is 1. The highest BCUT2D eigenvalue weighted by Gasteiger charge is 2.19. The van der Waals surface area contributed by atoms with Crippen LogP contribution in [0, 0.1) is 13.8 Å². The van der Waals surface area contributed by atoms with Crippen molar-refractivity contribution in [2.75, 3.05) is 5.75 Å². The second-order valence-corrected chi connectivity index (χ2v) is 9.22. The number of carbonyl (C=O) groups excluding carboxylic acids is 1. The van der Waals surface area contributed by atoms with Crippen molar-refractivity contribution in [3.05, 3.63) is 71.0 Å². The van der Waals surface area contributed by atoms with E-state index >= 15 is 0 Å². The SMILES string of the molecule is Cc1ccc(-n2c(Cc3ccccc3)nnc2SCC(=O)NC(C)(C)C)c(C)c1. The van der Waals surface area contributed by atoms with Gasteiger partial charge in [-0.05, 0) is 51.8 Å². The molecular weight excluding hydrogens is 380 g/mol. The molecule has 152 valence electrons. The fraction of sp³-hybridized carbons (Fsp3) is 0.348. The van der Waals surface area contributed by atoms with Crippen LogP contribution in [0.1, 0.15) is 43.3 Å². The number of aromatic nitrogens is 3. The van der Waals surface area contributed by atoms with Crippen LogP contribution in [0.2, 0.25) is 0 Å². The number of aryl methyl sites for hydroxylation is 2. The first-order chi connectivity index (χ1) is 13.7. The summed E-state index contributed by atoms with van der Waals surface area (Å²) in [6, 6.07) is 16.6. The molecule has 2 aromatic carbocycles. The van der Waals surface area contributed by atoms with Crippen LogP contribution in [0.15, 0.2) is 53.7 Å². The highest BCUT2D eigenvalue weighted by molar-refractivity contribution is 7.99. The zero-order valence-corrected chi connectivity index (χ0v) is 18.5. The molecule has 0 atom stereocenters. The van der Waals surface area contributed by atoms with Crippen molar-refractivity contribution in [1.29, 1.82) is 0 Å². The fourth-order valence-electron chi connectivity index (χ4n) is 3.17. The van der Waals surface area contributed by atoms with Gasteiger partial charge in [0.15, 0.2) is 5.16 Å². The van der Waals surface area contributed by atoms with Gasteiger partial charge in [0.2, 0.25) is 5.91 Å². The Morgan fingerprint density at radius 2 is 1.79 bits per heavy atom. The standard InChI is InChI=1S/C23H28N4OS/c1-16-11-12-19(17(2)13-16)27-20(14-18-9-7-6-8-10-18)25-26-22(27)29-15-21(28)24-23(3,4)5/h6-13H,14-15H2,1-5H3,(H,24,28). The first kappa shape index (κ1) is 21.1. The molecule has 6 heteroatoms. The molecule has 0 saturated carbocycles. The summed E-state index contributed by atoms with van der Waals surface area (Å²) in [7, 11) is 0. The predicted octanol–water partition coefficient (Wildman–Crippen LogP) is 4.48. The van der Waals surface area contributed by atoms with Gasteiger partial charge in [0, 0.05) is 12.0 Å². The zero-order chi connectivity index (χ0) is 21.0. The molecule has 5 nitrogen and oxygen atoms in total. The van der Waals surface area contributed by atoms with Crippen LogP contribution in [0.5, 0.6) is 0 Å². The van der Waals surface area contributed by atoms with E-state index in [0.29, 0.717) is 12.2 Å². The van der Waals surface area contributed by atoms with Crippen molar-refractivity contribution in [2.24, 2.45) is 0 Å². The second-order valence-electron chi connectivity index (χ2n) is 8.27. The maximum atomic E-state index is 12.3.